The molecule has 1 saturated carbocycles. The number of tetrazole rings is 1. The van der Waals surface area contributed by atoms with Gasteiger partial charge in [0, 0.05) is 0 Å². The number of aromatic nitrogens is 6. The lowest BCUT2D eigenvalue weighted by Crippen LogP contribution is -2.15. The summed E-state index contributed by atoms with van der Waals surface area (Å²) in [5.41, 5.74) is 2.28. The molecule has 0 saturated heterocycles. The van der Waals surface area contributed by atoms with E-state index in [-0.39, 0.29) is 5.41 Å². The Hall–Kier alpha value is -1.98. The maximum Gasteiger partial charge on any atom is 0.187 e. The van der Waals surface area contributed by atoms with E-state index < -0.39 is 0 Å². The topological polar surface area (TPSA) is 83.1 Å². The molecule has 80 valence electrons. The number of aromatic amines is 2. The van der Waals surface area contributed by atoms with E-state index >= 15 is 0 Å². The molecule has 4 rings (SSSR count). The van der Waals surface area contributed by atoms with E-state index in [1.54, 1.807) is 0 Å². The van der Waals surface area contributed by atoms with Gasteiger partial charge in [-0.2, -0.15) is 10.3 Å². The molecule has 2 aromatic heterocycles. The molecule has 0 aromatic carbocycles. The second-order valence-electron chi connectivity index (χ2n) is 4.45. The molecule has 2 aliphatic rings. The van der Waals surface area contributed by atoms with Crippen molar-refractivity contribution in [3.05, 3.63) is 35.9 Å². The molecule has 2 aromatic rings. The van der Waals surface area contributed by atoms with Gasteiger partial charge in [-0.3, -0.25) is 5.10 Å². The van der Waals surface area contributed by atoms with Crippen molar-refractivity contribution in [3.8, 4) is 0 Å². The van der Waals surface area contributed by atoms with Crippen LogP contribution in [0.4, 0.5) is 0 Å². The minimum absolute atomic E-state index is 0.138. The van der Waals surface area contributed by atoms with Crippen LogP contribution in [0.1, 0.15) is 17.1 Å². The predicted molar refractivity (Wildman–Crippen MR) is 54.4 cm³/mol. The van der Waals surface area contributed by atoms with Crippen LogP contribution in [0.3, 0.4) is 0 Å². The molecule has 2 N–H and O–H groups in total. The Morgan fingerprint density at radius 2 is 2.50 bits per heavy atom. The predicted octanol–water partition coefficient (Wildman–Crippen LogP) is 0.197. The van der Waals surface area contributed by atoms with Gasteiger partial charge in [-0.05, 0) is 23.8 Å². The summed E-state index contributed by atoms with van der Waals surface area (Å²) in [4.78, 5) is 0. The number of allylic oxidation sites excluding steroid dienone is 1. The largest absolute Gasteiger partial charge is 0.281 e. The Morgan fingerprint density at radius 1 is 1.56 bits per heavy atom. The molecule has 0 radical (unpaired) electrons. The van der Waals surface area contributed by atoms with Gasteiger partial charge in [-0.15, -0.1) is 16.8 Å². The standard InChI is InChI=1S/C10H10N6/c1-2-6-7-3-5-4-11-12-8(5)10(6,7)9-13-15-16-14-9/h2,4,6-7H,1,3H2,(H,11,12)(H,13,14,15,16). The first-order valence-electron chi connectivity index (χ1n) is 5.28. The van der Waals surface area contributed by atoms with Gasteiger partial charge < -0.3 is 0 Å². The Balaban J connectivity index is 1.96. The monoisotopic (exact) mass is 214 g/mol. The molecular formula is C10H10N6. The summed E-state index contributed by atoms with van der Waals surface area (Å²) in [6.45, 7) is 3.90. The van der Waals surface area contributed by atoms with Crippen LogP contribution in [0.5, 0.6) is 0 Å². The Bertz CT molecular complexity index is 556. The third kappa shape index (κ3) is 0.660. The van der Waals surface area contributed by atoms with Gasteiger partial charge in [0.25, 0.3) is 0 Å². The molecule has 0 spiro atoms. The lowest BCUT2D eigenvalue weighted by Gasteiger charge is -2.08. The highest BCUT2D eigenvalue weighted by Gasteiger charge is 2.72. The molecule has 0 bridgehead atoms. The van der Waals surface area contributed by atoms with Crippen molar-refractivity contribution >= 4 is 0 Å². The molecule has 0 aliphatic heterocycles. The Morgan fingerprint density at radius 3 is 3.25 bits per heavy atom. The van der Waals surface area contributed by atoms with E-state index in [4.69, 9.17) is 0 Å². The lowest BCUT2D eigenvalue weighted by atomic mass is 9.98. The van der Waals surface area contributed by atoms with Gasteiger partial charge in [0.15, 0.2) is 5.82 Å². The normalized spacial score (nSPS) is 34.5. The first-order chi connectivity index (χ1) is 7.89. The van der Waals surface area contributed by atoms with E-state index in [1.807, 2.05) is 12.3 Å². The highest BCUT2D eigenvalue weighted by Crippen LogP contribution is 2.68. The zero-order valence-corrected chi connectivity index (χ0v) is 8.51. The van der Waals surface area contributed by atoms with Gasteiger partial charge in [0.1, 0.15) is 0 Å². The van der Waals surface area contributed by atoms with E-state index in [9.17, 15) is 0 Å². The molecule has 3 atom stereocenters. The van der Waals surface area contributed by atoms with E-state index in [2.05, 4.69) is 37.4 Å². The van der Waals surface area contributed by atoms with Crippen LogP contribution in [0.2, 0.25) is 0 Å². The molecule has 3 unspecified atom stereocenters. The summed E-state index contributed by atoms with van der Waals surface area (Å²) < 4.78 is 0. The van der Waals surface area contributed by atoms with E-state index in [1.165, 1.54) is 5.56 Å². The van der Waals surface area contributed by atoms with E-state index in [0.29, 0.717) is 11.8 Å². The Kier molecular flexibility index (Phi) is 1.23. The van der Waals surface area contributed by atoms with E-state index in [0.717, 1.165) is 17.9 Å². The minimum Gasteiger partial charge on any atom is -0.281 e. The van der Waals surface area contributed by atoms with Gasteiger partial charge in [-0.1, -0.05) is 11.3 Å². The van der Waals surface area contributed by atoms with Crippen molar-refractivity contribution in [2.75, 3.05) is 0 Å². The maximum atomic E-state index is 4.15. The van der Waals surface area contributed by atoms with Gasteiger partial charge in [0.05, 0.1) is 17.3 Å². The number of fused-ring (bicyclic) bond motifs is 3. The zero-order valence-electron chi connectivity index (χ0n) is 8.51. The van der Waals surface area contributed by atoms with Crippen LogP contribution < -0.4 is 0 Å². The SMILES string of the molecule is C=CC1C2Cc3cn[nH]c3C12c1nn[nH]n1. The van der Waals surface area contributed by atoms with Crippen molar-refractivity contribution in [2.24, 2.45) is 11.8 Å². The summed E-state index contributed by atoms with van der Waals surface area (Å²) in [7, 11) is 0. The van der Waals surface area contributed by atoms with Gasteiger partial charge in [-0.25, -0.2) is 0 Å². The molecular weight excluding hydrogens is 204 g/mol. The third-order valence-corrected chi connectivity index (χ3v) is 3.98. The average molecular weight is 214 g/mol. The maximum absolute atomic E-state index is 4.15. The molecule has 6 nitrogen and oxygen atoms in total. The second-order valence-corrected chi connectivity index (χ2v) is 4.45. The van der Waals surface area contributed by atoms with Gasteiger partial charge in [0.2, 0.25) is 0 Å². The highest BCUT2D eigenvalue weighted by atomic mass is 15.5. The fraction of sp³-hybridized carbons (Fsp3) is 0.400. The molecule has 6 heteroatoms. The number of nitrogens with zero attached hydrogens (tertiary/aromatic N) is 4. The summed E-state index contributed by atoms with van der Waals surface area (Å²) in [6, 6.07) is 0. The van der Waals surface area contributed by atoms with Gasteiger partial charge >= 0.3 is 0 Å². The van der Waals surface area contributed by atoms with Crippen LogP contribution >= 0.6 is 0 Å². The minimum atomic E-state index is -0.138. The average Bonchev–Trinajstić information content (AvgIpc) is 2.82. The first kappa shape index (κ1) is 8.20. The zero-order chi connectivity index (χ0) is 10.8. The number of hydrogen-bond acceptors (Lipinski definition) is 4. The fourth-order valence-electron chi connectivity index (χ4n) is 3.30. The number of nitrogens with one attached hydrogen (secondary N) is 2. The fourth-order valence-corrected chi connectivity index (χ4v) is 3.30. The third-order valence-electron chi connectivity index (χ3n) is 3.98. The van der Waals surface area contributed by atoms with Crippen LogP contribution in [-0.4, -0.2) is 30.8 Å². The van der Waals surface area contributed by atoms with Crippen molar-refractivity contribution in [3.63, 3.8) is 0 Å². The quantitative estimate of drug-likeness (QED) is 0.699. The molecule has 2 aliphatic carbocycles. The smallest absolute Gasteiger partial charge is 0.187 e. The molecule has 0 amide bonds. The highest BCUT2D eigenvalue weighted by molar-refractivity contribution is 5.52. The summed E-state index contributed by atoms with van der Waals surface area (Å²) in [5.74, 6) is 1.68. The first-order valence-corrected chi connectivity index (χ1v) is 5.28. The van der Waals surface area contributed by atoms with Crippen molar-refractivity contribution in [1.29, 1.82) is 0 Å². The van der Waals surface area contributed by atoms with Crippen LogP contribution in [0.25, 0.3) is 0 Å². The summed E-state index contributed by atoms with van der Waals surface area (Å²) in [5, 5.41) is 21.7. The van der Waals surface area contributed by atoms with Crippen molar-refractivity contribution in [2.45, 2.75) is 11.8 Å². The number of hydrogen-bond donors (Lipinski definition) is 2. The summed E-state index contributed by atoms with van der Waals surface area (Å²) in [6.07, 6.45) is 4.91. The van der Waals surface area contributed by atoms with Crippen molar-refractivity contribution < 1.29 is 0 Å². The lowest BCUT2D eigenvalue weighted by molar-refractivity contribution is 0.673. The number of rotatable bonds is 2. The number of H-pyrrole nitrogens is 2. The van der Waals surface area contributed by atoms with Crippen LogP contribution in [-0.2, 0) is 11.8 Å². The second kappa shape index (κ2) is 2.40. The summed E-state index contributed by atoms with van der Waals surface area (Å²) >= 11 is 0. The molecule has 16 heavy (non-hydrogen) atoms. The van der Waals surface area contributed by atoms with Crippen LogP contribution in [0, 0.1) is 11.8 Å². The van der Waals surface area contributed by atoms with Crippen molar-refractivity contribution in [1.82, 2.24) is 30.8 Å². The molecule has 1 fully saturated rings. The Labute approximate surface area is 91.1 Å². The molecule has 2 heterocycles. The van der Waals surface area contributed by atoms with Crippen LogP contribution in [0.15, 0.2) is 18.9 Å².